The van der Waals surface area contributed by atoms with Crippen molar-refractivity contribution < 1.29 is 34.0 Å². The van der Waals surface area contributed by atoms with E-state index >= 15 is 0 Å². The van der Waals surface area contributed by atoms with Gasteiger partial charge in [-0.1, -0.05) is 49.8 Å². The van der Waals surface area contributed by atoms with Crippen molar-refractivity contribution in [2.24, 2.45) is 11.8 Å². The molecule has 1 saturated carbocycles. The van der Waals surface area contributed by atoms with Crippen LogP contribution in [0.4, 0.5) is 4.39 Å². The van der Waals surface area contributed by atoms with Gasteiger partial charge in [0.05, 0.1) is 0 Å². The number of benzene rings is 1. The molecule has 0 saturated heterocycles. The number of carbonyl (C=O) groups excluding carboxylic acids is 1. The Morgan fingerprint density at radius 2 is 1.90 bits per heavy atom. The van der Waals surface area contributed by atoms with Crippen molar-refractivity contribution in [3.05, 3.63) is 54.6 Å². The average molecular weight is 406 g/mol. The molecule has 1 aromatic carbocycles. The normalized spacial score (nSPS) is 22.1. The first-order valence-corrected chi connectivity index (χ1v) is 9.71. The molecule has 1 fully saturated rings. The summed E-state index contributed by atoms with van der Waals surface area (Å²) >= 11 is 0. The van der Waals surface area contributed by atoms with Gasteiger partial charge in [-0.25, -0.2) is 4.79 Å². The van der Waals surface area contributed by atoms with E-state index in [1.807, 2.05) is 6.92 Å². The van der Waals surface area contributed by atoms with Crippen LogP contribution >= 0.6 is 0 Å². The van der Waals surface area contributed by atoms with Gasteiger partial charge in [0.15, 0.2) is 0 Å². The summed E-state index contributed by atoms with van der Waals surface area (Å²) in [6.07, 6.45) is 11.0. The Balaban J connectivity index is 2.10. The summed E-state index contributed by atoms with van der Waals surface area (Å²) in [5, 5.41) is 29.3. The van der Waals surface area contributed by atoms with E-state index in [0.29, 0.717) is 18.3 Å². The molecule has 0 heterocycles. The molecule has 3 N–H and O–H groups in total. The Hall–Kier alpha value is -2.51. The number of aliphatic hydroxyl groups is 2. The molecule has 0 amide bonds. The van der Waals surface area contributed by atoms with E-state index in [2.05, 4.69) is 16.9 Å². The molecular formula is C22H27FO6. The third-order valence-corrected chi connectivity index (χ3v) is 5.11. The molecule has 1 aromatic rings. The molecule has 0 aliphatic heterocycles. The number of ketones is 1. The lowest BCUT2D eigenvalue weighted by Crippen LogP contribution is -2.64. The number of allylic oxidation sites excluding steroid dienone is 3. The van der Waals surface area contributed by atoms with Crippen LogP contribution in [0.5, 0.6) is 5.75 Å². The molecule has 158 valence electrons. The van der Waals surface area contributed by atoms with Crippen LogP contribution in [0.25, 0.3) is 0 Å². The lowest BCUT2D eigenvalue weighted by atomic mass is 9.91. The molecule has 1 aliphatic rings. The Bertz CT molecular complexity index is 758. The zero-order chi connectivity index (χ0) is 21.5. The van der Waals surface area contributed by atoms with Crippen molar-refractivity contribution in [1.29, 1.82) is 0 Å². The minimum absolute atomic E-state index is 0.266. The van der Waals surface area contributed by atoms with E-state index in [1.165, 1.54) is 30.3 Å². The van der Waals surface area contributed by atoms with Crippen LogP contribution in [0.15, 0.2) is 54.6 Å². The zero-order valence-electron chi connectivity index (χ0n) is 16.3. The third kappa shape index (κ3) is 5.31. The molecule has 7 heteroatoms. The molecule has 3 atom stereocenters. The van der Waals surface area contributed by atoms with Crippen molar-refractivity contribution in [3.8, 4) is 5.75 Å². The maximum Gasteiger partial charge on any atom is 0.407 e. The number of halogens is 1. The quantitative estimate of drug-likeness (QED) is 0.313. The summed E-state index contributed by atoms with van der Waals surface area (Å²) in [6, 6.07) is 6.94. The number of carbonyl (C=O) groups is 2. The largest absolute Gasteiger partial charge is 0.476 e. The van der Waals surface area contributed by atoms with E-state index in [4.69, 9.17) is 0 Å². The highest BCUT2D eigenvalue weighted by Gasteiger charge is 2.64. The van der Waals surface area contributed by atoms with Gasteiger partial charge in [-0.05, 0) is 55.7 Å². The van der Waals surface area contributed by atoms with Gasteiger partial charge in [-0.15, -0.1) is 0 Å². The van der Waals surface area contributed by atoms with E-state index in [-0.39, 0.29) is 5.75 Å². The van der Waals surface area contributed by atoms with Gasteiger partial charge < -0.3 is 20.1 Å². The summed E-state index contributed by atoms with van der Waals surface area (Å²) in [4.78, 5) is 23.6. The Labute approximate surface area is 169 Å². The lowest BCUT2D eigenvalue weighted by Gasteiger charge is -2.31. The number of carboxylic acid groups (broad SMARTS) is 1. The molecule has 2 rings (SSSR count). The second-order valence-electron chi connectivity index (χ2n) is 7.18. The molecule has 0 spiro atoms. The van der Waals surface area contributed by atoms with Crippen molar-refractivity contribution in [2.45, 2.75) is 50.7 Å². The predicted molar refractivity (Wildman–Crippen MR) is 105 cm³/mol. The van der Waals surface area contributed by atoms with Crippen molar-refractivity contribution in [3.63, 3.8) is 0 Å². The van der Waals surface area contributed by atoms with E-state index < -0.39 is 23.4 Å². The maximum atomic E-state index is 15.0. The number of alkyl halides is 1. The molecule has 6 nitrogen and oxygen atoms in total. The number of rotatable bonds is 10. The second-order valence-corrected chi connectivity index (χ2v) is 7.18. The van der Waals surface area contributed by atoms with Gasteiger partial charge >= 0.3 is 17.6 Å². The van der Waals surface area contributed by atoms with Crippen LogP contribution in [0, 0.1) is 11.8 Å². The molecule has 1 aliphatic carbocycles. The van der Waals surface area contributed by atoms with Crippen LogP contribution < -0.4 is 4.74 Å². The number of para-hydroxylation sites is 1. The van der Waals surface area contributed by atoms with Crippen LogP contribution in [0.3, 0.4) is 0 Å². The maximum absolute atomic E-state index is 15.0. The SMILES string of the molecule is CCC=C[C@H]1CCC[C@@H]1CC=CC(=[16O])C([16OH])([16OH])C(F)(Oc1ccccc1)C(=O)O. The Morgan fingerprint density at radius 1 is 1.21 bits per heavy atom. The molecule has 0 aromatic heterocycles. The zero-order valence-corrected chi connectivity index (χ0v) is 16.3. The highest BCUT2D eigenvalue weighted by molar-refractivity contribution is 6.00. The topological polar surface area (TPSA) is 104 Å². The van der Waals surface area contributed by atoms with E-state index in [9.17, 15) is 29.3 Å². The van der Waals surface area contributed by atoms with Gasteiger partial charge in [0.2, 0.25) is 5.78 Å². The number of ether oxygens (including phenoxy) is 1. The summed E-state index contributed by atoms with van der Waals surface area (Å²) < 4.78 is 19.6. The Kier molecular flexibility index (Phi) is 7.70. The van der Waals surface area contributed by atoms with Crippen LogP contribution in [0.1, 0.15) is 39.0 Å². The highest BCUT2D eigenvalue weighted by atomic mass is 19.2. The fourth-order valence-electron chi connectivity index (χ4n) is 3.46. The first-order chi connectivity index (χ1) is 13.7. The van der Waals surface area contributed by atoms with Crippen molar-refractivity contribution in [1.82, 2.24) is 0 Å². The first-order valence-electron chi connectivity index (χ1n) is 9.71. The molecular weight excluding hydrogens is 379 g/mol. The van der Waals surface area contributed by atoms with E-state index in [1.54, 1.807) is 6.07 Å². The fourth-order valence-corrected chi connectivity index (χ4v) is 3.46. The van der Waals surface area contributed by atoms with Gasteiger partial charge in [-0.3, -0.25) is 4.79 Å². The summed E-state index contributed by atoms with van der Waals surface area (Å²) in [5.41, 5.74) is 0. The standard InChI is InChI=1S/C22H27FO6/c1-2-3-9-16-10-7-11-17(16)12-8-15-19(24)22(27,28)21(23,20(25)26)29-18-13-5-4-6-14-18/h3-6,8-9,13-17,27-28H,2,7,10-12H2,1H3,(H,25,26)/t16-,17+,21?/m0/s1/i24+0,27+0,28+0. The van der Waals surface area contributed by atoms with Gasteiger partial charge in [0.25, 0.3) is 0 Å². The molecule has 0 bridgehead atoms. The number of carboxylic acids is 1. The fraction of sp³-hybridized carbons (Fsp3) is 0.455. The number of aliphatic carboxylic acids is 1. The van der Waals surface area contributed by atoms with Crippen LogP contribution in [-0.2, 0) is 9.59 Å². The number of hydrogen-bond donors (Lipinski definition) is 3. The predicted octanol–water partition coefficient (Wildman–Crippen LogP) is 3.39. The third-order valence-electron chi connectivity index (χ3n) is 5.11. The minimum Gasteiger partial charge on any atom is -0.476 e. The van der Waals surface area contributed by atoms with E-state index in [0.717, 1.165) is 31.8 Å². The van der Waals surface area contributed by atoms with Crippen LogP contribution in [-0.4, -0.2) is 38.7 Å². The lowest BCUT2D eigenvalue weighted by molar-refractivity contribution is -0.287. The van der Waals surface area contributed by atoms with Gasteiger partial charge in [-0.2, -0.15) is 4.39 Å². The molecule has 29 heavy (non-hydrogen) atoms. The smallest absolute Gasteiger partial charge is 0.407 e. The monoisotopic (exact) mass is 406 g/mol. The van der Waals surface area contributed by atoms with Crippen molar-refractivity contribution in [2.75, 3.05) is 0 Å². The average Bonchev–Trinajstić information content (AvgIpc) is 3.13. The number of hydrogen-bond acceptors (Lipinski definition) is 5. The van der Waals surface area contributed by atoms with Crippen LogP contribution in [0.2, 0.25) is 0 Å². The summed E-state index contributed by atoms with van der Waals surface area (Å²) in [7, 11) is 0. The summed E-state index contributed by atoms with van der Waals surface area (Å²) in [5.74, 6) is -11.4. The summed E-state index contributed by atoms with van der Waals surface area (Å²) in [6.45, 7) is 2.05. The molecule has 1 unspecified atom stereocenters. The molecule has 0 radical (unpaired) electrons. The Morgan fingerprint density at radius 3 is 2.52 bits per heavy atom. The second kappa shape index (κ2) is 9.80. The van der Waals surface area contributed by atoms with Gasteiger partial charge in [0.1, 0.15) is 5.75 Å². The van der Waals surface area contributed by atoms with Crippen molar-refractivity contribution >= 4 is 11.8 Å². The minimum atomic E-state index is -4.07. The first kappa shape index (κ1) is 22.8. The van der Waals surface area contributed by atoms with Gasteiger partial charge in [0, 0.05) is 0 Å². The highest BCUT2D eigenvalue weighted by Crippen LogP contribution is 2.36.